The fourth-order valence-corrected chi connectivity index (χ4v) is 3.44. The van der Waals surface area contributed by atoms with E-state index in [1.54, 1.807) is 39.8 Å². The minimum absolute atomic E-state index is 0.0118. The van der Waals surface area contributed by atoms with E-state index >= 15 is 0 Å². The topological polar surface area (TPSA) is 214 Å². The number of carbonyl (C=O) groups is 5. The number of hydrogen-bond acceptors (Lipinski definition) is 7. The molecule has 1 aromatic carbocycles. The zero-order chi connectivity index (χ0) is 28.3. The van der Waals surface area contributed by atoms with Crippen LogP contribution in [0.15, 0.2) is 24.3 Å². The molecule has 9 N–H and O–H groups in total. The number of hydrogen-bond donors (Lipinski definition) is 7. The van der Waals surface area contributed by atoms with Gasteiger partial charge < -0.3 is 37.6 Å². The molecule has 0 bridgehead atoms. The lowest BCUT2D eigenvalue weighted by Crippen LogP contribution is -2.58. The van der Waals surface area contributed by atoms with Gasteiger partial charge in [0.1, 0.15) is 23.9 Å². The standard InChI is InChI=1S/C25H39N5O7/c1-13(2)11-19(25(36)37)30-22(33)17(9-10-20(26)32)28-23(34)18(29-24(35)21(27)14(3)4)12-15-5-7-16(31)8-6-15/h5-8,13-14,17-19,21,31H,9-12,27H2,1-4H3,(H2,26,32)(H,28,34)(H,29,35)(H,30,33)(H,36,37). The van der Waals surface area contributed by atoms with Gasteiger partial charge in [-0.1, -0.05) is 39.8 Å². The van der Waals surface area contributed by atoms with Gasteiger partial charge in [-0.3, -0.25) is 19.2 Å². The number of phenolic OH excluding ortho intramolecular Hbond substituents is 1. The van der Waals surface area contributed by atoms with Crippen LogP contribution in [0, 0.1) is 11.8 Å². The lowest BCUT2D eigenvalue weighted by molar-refractivity contribution is -0.143. The van der Waals surface area contributed by atoms with Crippen molar-refractivity contribution in [2.75, 3.05) is 0 Å². The first-order valence-corrected chi connectivity index (χ1v) is 12.2. The normalized spacial score (nSPS) is 14.4. The molecule has 0 aromatic heterocycles. The molecule has 0 saturated carbocycles. The molecule has 0 fully saturated rings. The Morgan fingerprint density at radius 1 is 0.838 bits per heavy atom. The molecule has 0 spiro atoms. The van der Waals surface area contributed by atoms with Crippen LogP contribution in [0.4, 0.5) is 0 Å². The molecule has 1 rings (SSSR count). The van der Waals surface area contributed by atoms with Gasteiger partial charge in [0, 0.05) is 12.8 Å². The van der Waals surface area contributed by atoms with Crippen molar-refractivity contribution in [2.24, 2.45) is 23.3 Å². The number of amides is 4. The first kappa shape index (κ1) is 31.4. The molecule has 4 unspecified atom stereocenters. The highest BCUT2D eigenvalue weighted by Crippen LogP contribution is 2.13. The van der Waals surface area contributed by atoms with Gasteiger partial charge >= 0.3 is 5.97 Å². The third kappa shape index (κ3) is 11.3. The number of carboxylic acid groups (broad SMARTS) is 1. The average Bonchev–Trinajstić information content (AvgIpc) is 2.80. The van der Waals surface area contributed by atoms with Crippen LogP contribution in [-0.2, 0) is 30.4 Å². The number of benzene rings is 1. The third-order valence-electron chi connectivity index (χ3n) is 5.66. The molecule has 12 nitrogen and oxygen atoms in total. The number of carbonyl (C=O) groups excluding carboxylic acids is 4. The maximum atomic E-state index is 13.3. The van der Waals surface area contributed by atoms with E-state index in [1.165, 1.54) is 12.1 Å². The van der Waals surface area contributed by atoms with Gasteiger partial charge in [-0.15, -0.1) is 0 Å². The highest BCUT2D eigenvalue weighted by molar-refractivity contribution is 5.94. The summed E-state index contributed by atoms with van der Waals surface area (Å²) in [6.45, 7) is 7.10. The average molecular weight is 522 g/mol. The molecule has 0 aliphatic heterocycles. The molecule has 0 heterocycles. The maximum absolute atomic E-state index is 13.3. The van der Waals surface area contributed by atoms with Gasteiger partial charge in [0.25, 0.3) is 0 Å². The van der Waals surface area contributed by atoms with Crippen LogP contribution in [0.5, 0.6) is 5.75 Å². The molecule has 0 radical (unpaired) electrons. The predicted molar refractivity (Wildman–Crippen MR) is 136 cm³/mol. The molecular formula is C25H39N5O7. The van der Waals surface area contributed by atoms with E-state index in [9.17, 15) is 34.2 Å². The summed E-state index contributed by atoms with van der Waals surface area (Å²) < 4.78 is 0. The summed E-state index contributed by atoms with van der Waals surface area (Å²) in [5.41, 5.74) is 11.8. The van der Waals surface area contributed by atoms with E-state index < -0.39 is 53.8 Å². The van der Waals surface area contributed by atoms with Crippen LogP contribution in [0.25, 0.3) is 0 Å². The van der Waals surface area contributed by atoms with Crippen molar-refractivity contribution < 1.29 is 34.2 Å². The summed E-state index contributed by atoms with van der Waals surface area (Å²) in [4.78, 5) is 61.8. The fraction of sp³-hybridized carbons (Fsp3) is 0.560. The zero-order valence-corrected chi connectivity index (χ0v) is 21.7. The lowest BCUT2D eigenvalue weighted by atomic mass is 10.0. The van der Waals surface area contributed by atoms with E-state index in [0.29, 0.717) is 5.56 Å². The minimum Gasteiger partial charge on any atom is -0.508 e. The summed E-state index contributed by atoms with van der Waals surface area (Å²) in [6.07, 6.45) is -0.248. The van der Waals surface area contributed by atoms with Crippen LogP contribution < -0.4 is 27.4 Å². The van der Waals surface area contributed by atoms with Crippen molar-refractivity contribution in [1.29, 1.82) is 0 Å². The van der Waals surface area contributed by atoms with Crippen molar-refractivity contribution in [3.63, 3.8) is 0 Å². The highest BCUT2D eigenvalue weighted by Gasteiger charge is 2.31. The fourth-order valence-electron chi connectivity index (χ4n) is 3.44. The largest absolute Gasteiger partial charge is 0.508 e. The Hall–Kier alpha value is -3.67. The number of nitrogens with two attached hydrogens (primary N) is 2. The van der Waals surface area contributed by atoms with Crippen LogP contribution in [0.1, 0.15) is 52.5 Å². The van der Waals surface area contributed by atoms with E-state index in [1.807, 2.05) is 0 Å². The second kappa shape index (κ2) is 14.8. The first-order valence-electron chi connectivity index (χ1n) is 12.2. The van der Waals surface area contributed by atoms with Gasteiger partial charge in [0.05, 0.1) is 6.04 Å². The van der Waals surface area contributed by atoms with Gasteiger partial charge in [0.15, 0.2) is 0 Å². The highest BCUT2D eigenvalue weighted by atomic mass is 16.4. The molecule has 0 aliphatic carbocycles. The number of phenols is 1. The Balaban J connectivity index is 3.17. The van der Waals surface area contributed by atoms with Gasteiger partial charge in [-0.2, -0.15) is 0 Å². The minimum atomic E-state index is -1.29. The van der Waals surface area contributed by atoms with E-state index in [2.05, 4.69) is 16.0 Å². The van der Waals surface area contributed by atoms with Crippen LogP contribution >= 0.6 is 0 Å². The molecule has 12 heteroatoms. The number of nitrogens with one attached hydrogen (secondary N) is 3. The summed E-state index contributed by atoms with van der Waals surface area (Å²) in [5, 5.41) is 26.5. The number of aromatic hydroxyl groups is 1. The van der Waals surface area contributed by atoms with Crippen LogP contribution in [0.3, 0.4) is 0 Å². The number of primary amides is 1. The Labute approximate surface area is 216 Å². The van der Waals surface area contributed by atoms with Gasteiger partial charge in [-0.05, 0) is 42.4 Å². The summed E-state index contributed by atoms with van der Waals surface area (Å²) in [5.74, 6) is -4.27. The number of rotatable bonds is 15. The van der Waals surface area contributed by atoms with E-state index in [4.69, 9.17) is 11.5 Å². The second-order valence-corrected chi connectivity index (χ2v) is 9.80. The van der Waals surface area contributed by atoms with Gasteiger partial charge in [0.2, 0.25) is 23.6 Å². The summed E-state index contributed by atoms with van der Waals surface area (Å²) in [6, 6.07) is 1.47. The molecule has 4 atom stereocenters. The van der Waals surface area contributed by atoms with Crippen LogP contribution in [-0.4, -0.2) is 64.0 Å². The molecule has 4 amide bonds. The van der Waals surface area contributed by atoms with E-state index in [-0.39, 0.29) is 43.3 Å². The summed E-state index contributed by atoms with van der Waals surface area (Å²) >= 11 is 0. The summed E-state index contributed by atoms with van der Waals surface area (Å²) in [7, 11) is 0. The van der Waals surface area contributed by atoms with Crippen molar-refractivity contribution in [1.82, 2.24) is 16.0 Å². The SMILES string of the molecule is CC(C)CC(NC(=O)C(CCC(N)=O)NC(=O)C(Cc1ccc(O)cc1)NC(=O)C(N)C(C)C)C(=O)O. The predicted octanol–water partition coefficient (Wildman–Crippen LogP) is -0.231. The van der Waals surface area contributed by atoms with Crippen molar-refractivity contribution in [3.05, 3.63) is 29.8 Å². The molecule has 0 aliphatic rings. The molecular weight excluding hydrogens is 482 g/mol. The monoisotopic (exact) mass is 521 g/mol. The van der Waals surface area contributed by atoms with Gasteiger partial charge in [-0.25, -0.2) is 4.79 Å². The molecule has 1 aromatic rings. The Morgan fingerprint density at radius 3 is 1.84 bits per heavy atom. The molecule has 37 heavy (non-hydrogen) atoms. The third-order valence-corrected chi connectivity index (χ3v) is 5.66. The van der Waals surface area contributed by atoms with Crippen molar-refractivity contribution >= 4 is 29.6 Å². The Bertz CT molecular complexity index is 949. The van der Waals surface area contributed by atoms with Crippen molar-refractivity contribution in [3.8, 4) is 5.75 Å². The number of aliphatic carboxylic acids is 1. The zero-order valence-electron chi connectivity index (χ0n) is 21.7. The Morgan fingerprint density at radius 2 is 1.35 bits per heavy atom. The lowest BCUT2D eigenvalue weighted by Gasteiger charge is -2.26. The van der Waals surface area contributed by atoms with E-state index in [0.717, 1.165) is 0 Å². The maximum Gasteiger partial charge on any atom is 0.326 e. The van der Waals surface area contributed by atoms with Crippen molar-refractivity contribution in [2.45, 2.75) is 77.5 Å². The molecule has 206 valence electrons. The van der Waals surface area contributed by atoms with Crippen LogP contribution in [0.2, 0.25) is 0 Å². The quantitative estimate of drug-likeness (QED) is 0.163. The molecule has 0 saturated heterocycles. The number of carboxylic acids is 1. The smallest absolute Gasteiger partial charge is 0.326 e. The Kier molecular flexibility index (Phi) is 12.5. The second-order valence-electron chi connectivity index (χ2n) is 9.80. The first-order chi connectivity index (χ1) is 17.2.